The maximum Gasteiger partial charge on any atom is 0.115 e. The second-order valence-electron chi connectivity index (χ2n) is 5.90. The molecule has 0 bridgehead atoms. The van der Waals surface area contributed by atoms with E-state index in [1.807, 2.05) is 12.1 Å². The number of phenolic OH excluding ortho intramolecular Hbond substituents is 1. The highest BCUT2D eigenvalue weighted by Crippen LogP contribution is 2.19. The second-order valence-corrected chi connectivity index (χ2v) is 5.90. The van der Waals surface area contributed by atoms with Crippen LogP contribution in [-0.2, 0) is 6.54 Å². The lowest BCUT2D eigenvalue weighted by Crippen LogP contribution is -2.55. The minimum atomic E-state index is 0.244. The molecule has 0 saturated carbocycles. The van der Waals surface area contributed by atoms with Gasteiger partial charge in [-0.1, -0.05) is 12.1 Å². The van der Waals surface area contributed by atoms with Gasteiger partial charge in [0.2, 0.25) is 0 Å². The minimum absolute atomic E-state index is 0.244. The minimum Gasteiger partial charge on any atom is -0.508 e. The van der Waals surface area contributed by atoms with E-state index in [2.05, 4.69) is 29.7 Å². The molecule has 1 saturated heterocycles. The van der Waals surface area contributed by atoms with Crippen molar-refractivity contribution < 1.29 is 10.2 Å². The molecular formula is C16H26N2O2. The van der Waals surface area contributed by atoms with Crippen molar-refractivity contribution in [2.24, 2.45) is 0 Å². The van der Waals surface area contributed by atoms with E-state index in [4.69, 9.17) is 0 Å². The molecule has 112 valence electrons. The van der Waals surface area contributed by atoms with Crippen molar-refractivity contribution in [2.75, 3.05) is 26.2 Å². The van der Waals surface area contributed by atoms with Gasteiger partial charge in [-0.15, -0.1) is 0 Å². The third-order valence-corrected chi connectivity index (χ3v) is 4.05. The Morgan fingerprint density at radius 2 is 2.10 bits per heavy atom. The van der Waals surface area contributed by atoms with Crippen molar-refractivity contribution >= 4 is 0 Å². The van der Waals surface area contributed by atoms with Gasteiger partial charge in [0.05, 0.1) is 0 Å². The smallest absolute Gasteiger partial charge is 0.115 e. The molecule has 0 spiro atoms. The Morgan fingerprint density at radius 3 is 2.75 bits per heavy atom. The number of rotatable bonds is 5. The first-order valence-corrected chi connectivity index (χ1v) is 7.47. The highest BCUT2D eigenvalue weighted by molar-refractivity contribution is 5.27. The summed E-state index contributed by atoms with van der Waals surface area (Å²) in [6.45, 7) is 8.60. The summed E-state index contributed by atoms with van der Waals surface area (Å²) in [4.78, 5) is 4.89. The van der Waals surface area contributed by atoms with E-state index in [1.165, 1.54) is 0 Å². The Kier molecular flexibility index (Phi) is 5.40. The quantitative estimate of drug-likeness (QED) is 0.860. The Bertz CT molecular complexity index is 423. The highest BCUT2D eigenvalue weighted by Gasteiger charge is 2.28. The van der Waals surface area contributed by atoms with Crippen molar-refractivity contribution in [3.8, 4) is 5.75 Å². The molecule has 1 fully saturated rings. The van der Waals surface area contributed by atoms with Crippen molar-refractivity contribution in [2.45, 2.75) is 38.9 Å². The fourth-order valence-electron chi connectivity index (χ4n) is 3.08. The molecule has 0 radical (unpaired) electrons. The van der Waals surface area contributed by atoms with Crippen LogP contribution in [-0.4, -0.2) is 58.3 Å². The van der Waals surface area contributed by atoms with Crippen molar-refractivity contribution in [1.82, 2.24) is 9.80 Å². The number of benzene rings is 1. The summed E-state index contributed by atoms with van der Waals surface area (Å²) in [5.41, 5.74) is 1.14. The third-order valence-electron chi connectivity index (χ3n) is 4.05. The van der Waals surface area contributed by atoms with E-state index in [0.29, 0.717) is 17.8 Å². The summed E-state index contributed by atoms with van der Waals surface area (Å²) in [6.07, 6.45) is 0.828. The van der Waals surface area contributed by atoms with Gasteiger partial charge < -0.3 is 10.2 Å². The molecule has 1 heterocycles. The van der Waals surface area contributed by atoms with Crippen molar-refractivity contribution in [3.63, 3.8) is 0 Å². The zero-order valence-electron chi connectivity index (χ0n) is 12.5. The van der Waals surface area contributed by atoms with E-state index in [1.54, 1.807) is 6.07 Å². The van der Waals surface area contributed by atoms with Crippen LogP contribution in [0.15, 0.2) is 24.3 Å². The van der Waals surface area contributed by atoms with Crippen LogP contribution < -0.4 is 0 Å². The number of aliphatic hydroxyl groups is 1. The average molecular weight is 278 g/mol. The normalized spacial score (nSPS) is 21.5. The van der Waals surface area contributed by atoms with E-state index in [9.17, 15) is 10.2 Å². The van der Waals surface area contributed by atoms with E-state index < -0.39 is 0 Å². The molecule has 20 heavy (non-hydrogen) atoms. The summed E-state index contributed by atoms with van der Waals surface area (Å²) in [5.74, 6) is 0.329. The van der Waals surface area contributed by atoms with Gasteiger partial charge in [0, 0.05) is 44.9 Å². The zero-order valence-corrected chi connectivity index (χ0v) is 12.5. The Morgan fingerprint density at radius 1 is 1.30 bits per heavy atom. The monoisotopic (exact) mass is 278 g/mol. The lowest BCUT2D eigenvalue weighted by atomic mass is 10.1. The molecule has 0 aliphatic carbocycles. The van der Waals surface area contributed by atoms with Crippen LogP contribution in [0.2, 0.25) is 0 Å². The van der Waals surface area contributed by atoms with Crippen LogP contribution in [0.25, 0.3) is 0 Å². The molecule has 1 atom stereocenters. The molecule has 4 heteroatoms. The van der Waals surface area contributed by atoms with Gasteiger partial charge in [-0.3, -0.25) is 9.80 Å². The van der Waals surface area contributed by atoms with Crippen LogP contribution in [0.3, 0.4) is 0 Å². The molecule has 1 aliphatic rings. The second kappa shape index (κ2) is 7.07. The summed E-state index contributed by atoms with van der Waals surface area (Å²) in [7, 11) is 0. The maximum atomic E-state index is 9.53. The molecule has 0 unspecified atom stereocenters. The van der Waals surface area contributed by atoms with Crippen molar-refractivity contribution in [1.29, 1.82) is 0 Å². The predicted molar refractivity (Wildman–Crippen MR) is 80.7 cm³/mol. The Balaban J connectivity index is 1.97. The standard InChI is InChI=1S/C16H26N2O2/c1-13(2)18-8-7-17(12-15(18)6-9-19)11-14-4-3-5-16(20)10-14/h3-5,10,13,15,19-20H,6-9,11-12H2,1-2H3/t15-/m0/s1. The number of piperazine rings is 1. The maximum absolute atomic E-state index is 9.53. The first-order chi connectivity index (χ1) is 9.60. The van der Waals surface area contributed by atoms with Crippen LogP contribution in [0.4, 0.5) is 0 Å². The highest BCUT2D eigenvalue weighted by atomic mass is 16.3. The first-order valence-electron chi connectivity index (χ1n) is 7.47. The topological polar surface area (TPSA) is 46.9 Å². The molecule has 1 aromatic carbocycles. The number of phenols is 1. The van der Waals surface area contributed by atoms with Crippen LogP contribution in [0.1, 0.15) is 25.8 Å². The Labute approximate surface area is 121 Å². The van der Waals surface area contributed by atoms with Crippen LogP contribution >= 0.6 is 0 Å². The molecule has 1 aliphatic heterocycles. The number of aromatic hydroxyl groups is 1. The van der Waals surface area contributed by atoms with Gasteiger partial charge in [0.25, 0.3) is 0 Å². The van der Waals surface area contributed by atoms with E-state index in [0.717, 1.165) is 38.2 Å². The van der Waals surface area contributed by atoms with Gasteiger partial charge in [-0.2, -0.15) is 0 Å². The molecule has 4 nitrogen and oxygen atoms in total. The van der Waals surface area contributed by atoms with Gasteiger partial charge in [0.1, 0.15) is 5.75 Å². The van der Waals surface area contributed by atoms with Gasteiger partial charge in [-0.05, 0) is 38.0 Å². The molecule has 2 N–H and O–H groups in total. The van der Waals surface area contributed by atoms with Gasteiger partial charge >= 0.3 is 0 Å². The molecule has 0 amide bonds. The first kappa shape index (κ1) is 15.3. The average Bonchev–Trinajstić information content (AvgIpc) is 2.39. The summed E-state index contributed by atoms with van der Waals surface area (Å²) >= 11 is 0. The summed E-state index contributed by atoms with van der Waals surface area (Å²) in [6, 6.07) is 8.42. The third kappa shape index (κ3) is 3.95. The van der Waals surface area contributed by atoms with Gasteiger partial charge in [-0.25, -0.2) is 0 Å². The number of hydrogen-bond donors (Lipinski definition) is 2. The fraction of sp³-hybridized carbons (Fsp3) is 0.625. The molecule has 2 rings (SSSR count). The largest absolute Gasteiger partial charge is 0.508 e. The molecule has 1 aromatic rings. The summed E-state index contributed by atoms with van der Waals surface area (Å²) in [5, 5.41) is 18.8. The fourth-order valence-corrected chi connectivity index (χ4v) is 3.08. The van der Waals surface area contributed by atoms with Gasteiger partial charge in [0.15, 0.2) is 0 Å². The molecular weight excluding hydrogens is 252 g/mol. The zero-order chi connectivity index (χ0) is 14.5. The van der Waals surface area contributed by atoms with E-state index in [-0.39, 0.29) is 6.61 Å². The van der Waals surface area contributed by atoms with Crippen LogP contribution in [0, 0.1) is 0 Å². The lowest BCUT2D eigenvalue weighted by molar-refractivity contribution is 0.0349. The number of nitrogens with zero attached hydrogens (tertiary/aromatic N) is 2. The molecule has 0 aromatic heterocycles. The predicted octanol–water partition coefficient (Wildman–Crippen LogP) is 1.67. The number of hydrogen-bond acceptors (Lipinski definition) is 4. The Hall–Kier alpha value is -1.10. The number of aliphatic hydroxyl groups excluding tert-OH is 1. The lowest BCUT2D eigenvalue weighted by Gasteiger charge is -2.43. The van der Waals surface area contributed by atoms with Crippen LogP contribution in [0.5, 0.6) is 5.75 Å². The van der Waals surface area contributed by atoms with Crippen molar-refractivity contribution in [3.05, 3.63) is 29.8 Å². The van der Waals surface area contributed by atoms with E-state index >= 15 is 0 Å². The summed E-state index contributed by atoms with van der Waals surface area (Å²) < 4.78 is 0. The SMILES string of the molecule is CC(C)N1CCN(Cc2cccc(O)c2)C[C@@H]1CCO.